The summed E-state index contributed by atoms with van der Waals surface area (Å²) >= 11 is 1.55. The second-order valence-corrected chi connectivity index (χ2v) is 10.6. The number of carbonyl (C=O) groups excluding carboxylic acids is 6. The van der Waals surface area contributed by atoms with Gasteiger partial charge in [-0.05, 0) is 56.8 Å². The van der Waals surface area contributed by atoms with E-state index in [9.17, 15) is 44.1 Å². The number of rotatable bonds is 24. The van der Waals surface area contributed by atoms with Gasteiger partial charge in [0.2, 0.25) is 0 Å². The van der Waals surface area contributed by atoms with Crippen LogP contribution in [0, 0.1) is 0 Å². The van der Waals surface area contributed by atoms with E-state index in [-0.39, 0.29) is 16.7 Å². The molecule has 0 atom stereocenters. The molecule has 13 heteroatoms. The molecule has 284 valence electrons. The summed E-state index contributed by atoms with van der Waals surface area (Å²) in [5.74, 6) is -5.74. The Morgan fingerprint density at radius 2 is 0.640 bits per heavy atom. The van der Waals surface area contributed by atoms with E-state index in [4.69, 9.17) is 14.2 Å². The van der Waals surface area contributed by atoms with Gasteiger partial charge >= 0.3 is 45.4 Å². The first kappa shape index (κ1) is 53.6. The quantitative estimate of drug-likeness (QED) is 0.0450. The molecule has 50 heavy (non-hydrogen) atoms. The molecule has 0 heterocycles. The van der Waals surface area contributed by atoms with Crippen LogP contribution in [0.2, 0.25) is 4.94 Å². The predicted molar refractivity (Wildman–Crippen MR) is 187 cm³/mol. The van der Waals surface area contributed by atoms with Crippen LogP contribution in [0.4, 0.5) is 0 Å². The fourth-order valence-electron chi connectivity index (χ4n) is 3.70. The zero-order chi connectivity index (χ0) is 39.2. The minimum atomic E-state index is -1.36. The van der Waals surface area contributed by atoms with Crippen molar-refractivity contribution in [2.75, 3.05) is 19.8 Å². The molecule has 0 aromatic heterocycles. The van der Waals surface area contributed by atoms with Crippen molar-refractivity contribution in [1.82, 2.24) is 0 Å². The van der Waals surface area contributed by atoms with Crippen LogP contribution in [0.3, 0.4) is 0 Å². The van der Waals surface area contributed by atoms with Crippen LogP contribution in [0.15, 0.2) is 34.9 Å². The molecule has 0 aromatic rings. The Hall–Kier alpha value is -3.16. The second kappa shape index (κ2) is 40.3. The topological polar surface area (TPSA) is 199 Å². The number of carboxylic acid groups (broad SMARTS) is 3. The Morgan fingerprint density at radius 1 is 0.420 bits per heavy atom. The van der Waals surface area contributed by atoms with E-state index in [1.807, 2.05) is 0 Å². The molecule has 0 N–H and O–H groups in total. The van der Waals surface area contributed by atoms with Crippen molar-refractivity contribution in [2.45, 2.75) is 143 Å². The molecule has 0 aliphatic rings. The van der Waals surface area contributed by atoms with E-state index < -0.39 is 35.8 Å². The fourth-order valence-corrected chi connectivity index (χ4v) is 3.70. The van der Waals surface area contributed by atoms with Gasteiger partial charge in [-0.3, -0.25) is 0 Å². The molecule has 12 nitrogen and oxygen atoms in total. The van der Waals surface area contributed by atoms with Gasteiger partial charge in [0.1, 0.15) is 0 Å². The van der Waals surface area contributed by atoms with Gasteiger partial charge in [-0.25, -0.2) is 14.4 Å². The van der Waals surface area contributed by atoms with Gasteiger partial charge in [-0.1, -0.05) is 99.3 Å². The van der Waals surface area contributed by atoms with E-state index in [1.54, 1.807) is 43.3 Å². The molecule has 0 bridgehead atoms. The molecular formula is C37H60O12Sn. The van der Waals surface area contributed by atoms with Gasteiger partial charge in [0, 0.05) is 16.7 Å². The number of hydrogen-bond acceptors (Lipinski definition) is 12. The van der Waals surface area contributed by atoms with E-state index in [0.29, 0.717) is 39.1 Å². The molecule has 0 radical (unpaired) electrons. The number of aliphatic carboxylic acids is 3. The average Bonchev–Trinajstić information content (AvgIpc) is 3.09. The standard InChI is InChI=1S/3C12H20O4.CH3.Sn/c3*1-3-5-6-7-8-16-12(15)10(4-2)9-11(13)14;;/h3*9H,3-8H2,1-2H3,(H,13,14);1H3;/q;;;;+3/p-3/b3*10-9-;;. The summed E-state index contributed by atoms with van der Waals surface area (Å²) in [6.07, 6.45) is 15.7. The van der Waals surface area contributed by atoms with Gasteiger partial charge in [0.15, 0.2) is 0 Å². The SMILES string of the molecule is CCCCCCOC(=O)/C(=C\C(=O)[O-])CC.CCCCCCOC(=O)/C(=C\C(=O)[O-])CC.CCCCCCOC(=O)/C(=C\C(=O)[O-])CC.[CH3][Sn+3]. The van der Waals surface area contributed by atoms with Crippen molar-refractivity contribution in [2.24, 2.45) is 0 Å². The molecule has 0 saturated carbocycles. The molecular weight excluding hydrogens is 755 g/mol. The van der Waals surface area contributed by atoms with Crippen molar-refractivity contribution in [3.05, 3.63) is 34.9 Å². The van der Waals surface area contributed by atoms with Gasteiger partial charge in [-0.2, -0.15) is 0 Å². The van der Waals surface area contributed by atoms with Crippen LogP contribution in [0.5, 0.6) is 0 Å². The fraction of sp³-hybridized carbons (Fsp3) is 0.676. The molecule has 0 fully saturated rings. The minimum absolute atomic E-state index is 0.149. The van der Waals surface area contributed by atoms with E-state index in [0.717, 1.165) is 95.3 Å². The molecule has 0 amide bonds. The van der Waals surface area contributed by atoms with Crippen molar-refractivity contribution >= 4 is 58.3 Å². The Balaban J connectivity index is -0.000000309. The molecule has 0 unspecified atom stereocenters. The number of esters is 3. The van der Waals surface area contributed by atoms with E-state index in [1.165, 1.54) is 0 Å². The number of carboxylic acids is 3. The van der Waals surface area contributed by atoms with Crippen LogP contribution in [-0.4, -0.2) is 78.2 Å². The summed E-state index contributed by atoms with van der Waals surface area (Å²) in [5, 5.41) is 30.9. The van der Waals surface area contributed by atoms with Crippen LogP contribution in [0.25, 0.3) is 0 Å². The average molecular weight is 816 g/mol. The predicted octanol–water partition coefficient (Wildman–Crippen LogP) is 3.79. The Labute approximate surface area is 313 Å². The molecule has 0 rings (SSSR count). The van der Waals surface area contributed by atoms with Crippen molar-refractivity contribution in [3.63, 3.8) is 0 Å². The van der Waals surface area contributed by atoms with Crippen molar-refractivity contribution in [1.29, 1.82) is 0 Å². The Bertz CT molecular complexity index is 903. The van der Waals surface area contributed by atoms with Crippen LogP contribution in [0.1, 0.15) is 138 Å². The third-order valence-corrected chi connectivity index (χ3v) is 6.50. The van der Waals surface area contributed by atoms with E-state index in [2.05, 4.69) is 25.7 Å². The number of carbonyl (C=O) groups is 6. The Kier molecular flexibility index (Phi) is 43.2. The maximum atomic E-state index is 11.4. The summed E-state index contributed by atoms with van der Waals surface area (Å²) in [5.41, 5.74) is 0.446. The third-order valence-electron chi connectivity index (χ3n) is 6.50. The van der Waals surface area contributed by atoms with Crippen LogP contribution in [-0.2, 0) is 43.0 Å². The monoisotopic (exact) mass is 816 g/mol. The molecule has 0 saturated heterocycles. The molecule has 0 spiro atoms. The van der Waals surface area contributed by atoms with Gasteiger partial charge in [-0.15, -0.1) is 0 Å². The molecule has 0 aliphatic carbocycles. The van der Waals surface area contributed by atoms with Crippen molar-refractivity contribution in [3.8, 4) is 0 Å². The molecule has 0 aliphatic heterocycles. The zero-order valence-corrected chi connectivity index (χ0v) is 34.2. The van der Waals surface area contributed by atoms with Gasteiger partial charge in [0.05, 0.1) is 37.7 Å². The normalized spacial score (nSPS) is 10.9. The first-order valence-electron chi connectivity index (χ1n) is 17.6. The third kappa shape index (κ3) is 37.7. The summed E-state index contributed by atoms with van der Waals surface area (Å²) in [6.45, 7) is 12.5. The van der Waals surface area contributed by atoms with Crippen LogP contribution < -0.4 is 15.3 Å². The summed E-state index contributed by atoms with van der Waals surface area (Å²) in [7, 11) is 0. The van der Waals surface area contributed by atoms with E-state index >= 15 is 0 Å². The van der Waals surface area contributed by atoms with Crippen molar-refractivity contribution < 1.29 is 58.3 Å². The summed E-state index contributed by atoms with van der Waals surface area (Å²) < 4.78 is 14.8. The first-order chi connectivity index (χ1) is 23.8. The molecule has 0 aromatic carbocycles. The number of unbranched alkanes of at least 4 members (excludes halogenated alkanes) is 9. The second-order valence-electron chi connectivity index (χ2n) is 10.6. The number of hydrogen-bond donors (Lipinski definition) is 0. The Morgan fingerprint density at radius 3 is 0.800 bits per heavy atom. The summed E-state index contributed by atoms with van der Waals surface area (Å²) in [4.78, 5) is 67.1. The first-order valence-corrected chi connectivity index (χ1v) is 20.5. The van der Waals surface area contributed by atoms with Crippen LogP contribution >= 0.6 is 0 Å². The number of ether oxygens (including phenoxy) is 3. The zero-order valence-electron chi connectivity index (χ0n) is 31.4. The maximum absolute atomic E-state index is 11.4. The van der Waals surface area contributed by atoms with Gasteiger partial charge < -0.3 is 43.9 Å². The summed E-state index contributed by atoms with van der Waals surface area (Å²) in [6, 6.07) is 0. The van der Waals surface area contributed by atoms with Gasteiger partial charge in [0.25, 0.3) is 0 Å².